The van der Waals surface area contributed by atoms with E-state index in [0.717, 1.165) is 30.3 Å². The van der Waals surface area contributed by atoms with Crippen LogP contribution in [0.3, 0.4) is 0 Å². The average Bonchev–Trinajstić information content (AvgIpc) is 2.24. The smallest absolute Gasteiger partial charge is 0.195 e. The van der Waals surface area contributed by atoms with Gasteiger partial charge in [-0.05, 0) is 29.8 Å². The van der Waals surface area contributed by atoms with Gasteiger partial charge in [-0.25, -0.2) is 17.6 Å². The predicted molar refractivity (Wildman–Crippen MR) is 53.4 cm³/mol. The van der Waals surface area contributed by atoms with E-state index >= 15 is 0 Å². The van der Waals surface area contributed by atoms with Crippen LogP contribution in [0, 0.1) is 23.3 Å². The molecular weight excluding hydrogens is 236 g/mol. The molecule has 0 amide bonds. The summed E-state index contributed by atoms with van der Waals surface area (Å²) < 4.78 is 52.0. The predicted octanol–water partition coefficient (Wildman–Crippen LogP) is 3.62. The van der Waals surface area contributed by atoms with Gasteiger partial charge >= 0.3 is 0 Å². The molecule has 0 unspecified atom stereocenters. The maximum absolute atomic E-state index is 13.4. The average molecular weight is 242 g/mol. The van der Waals surface area contributed by atoms with E-state index < -0.39 is 29.0 Å². The molecule has 2 aromatic rings. The summed E-state index contributed by atoms with van der Waals surface area (Å²) in [4.78, 5) is 0. The molecule has 0 spiro atoms. The molecule has 0 saturated carbocycles. The lowest BCUT2D eigenvalue weighted by molar-refractivity contribution is 0.448. The van der Waals surface area contributed by atoms with Crippen LogP contribution in [0.25, 0.3) is 11.1 Å². The number of hydrogen-bond acceptors (Lipinski definition) is 1. The van der Waals surface area contributed by atoms with E-state index in [4.69, 9.17) is 5.11 Å². The molecular formula is C12H6F4O. The molecule has 2 aromatic carbocycles. The molecule has 0 aliphatic carbocycles. The topological polar surface area (TPSA) is 20.2 Å². The maximum Gasteiger partial charge on any atom is 0.195 e. The molecule has 17 heavy (non-hydrogen) atoms. The van der Waals surface area contributed by atoms with Gasteiger partial charge in [0, 0.05) is 11.6 Å². The lowest BCUT2D eigenvalue weighted by Gasteiger charge is -2.05. The van der Waals surface area contributed by atoms with Crippen molar-refractivity contribution in [3.8, 4) is 16.9 Å². The van der Waals surface area contributed by atoms with Crippen LogP contribution in [-0.2, 0) is 0 Å². The standard InChI is InChI=1S/C12H6F4O/c13-7-3-6(4-8(17)5-7)9-1-2-10(14)12(16)11(9)15/h1-5,17H. The van der Waals surface area contributed by atoms with Gasteiger partial charge < -0.3 is 5.11 Å². The third-order valence-electron chi connectivity index (χ3n) is 2.23. The number of halogens is 4. The normalized spacial score (nSPS) is 10.6. The molecule has 1 nitrogen and oxygen atoms in total. The van der Waals surface area contributed by atoms with Crippen LogP contribution in [0.15, 0.2) is 30.3 Å². The number of benzene rings is 2. The molecule has 0 aliphatic rings. The van der Waals surface area contributed by atoms with Crippen molar-refractivity contribution in [2.24, 2.45) is 0 Å². The Labute approximate surface area is 93.9 Å². The molecule has 0 atom stereocenters. The molecule has 88 valence electrons. The Kier molecular flexibility index (Phi) is 2.75. The Morgan fingerprint density at radius 3 is 2.18 bits per heavy atom. The second-order valence-electron chi connectivity index (χ2n) is 3.42. The highest BCUT2D eigenvalue weighted by molar-refractivity contribution is 5.65. The zero-order valence-electron chi connectivity index (χ0n) is 8.35. The quantitative estimate of drug-likeness (QED) is 0.598. The SMILES string of the molecule is Oc1cc(F)cc(-c2ccc(F)c(F)c2F)c1. The fourth-order valence-corrected chi connectivity index (χ4v) is 1.48. The molecule has 0 heterocycles. The van der Waals surface area contributed by atoms with E-state index in [1.54, 1.807) is 0 Å². The summed E-state index contributed by atoms with van der Waals surface area (Å²) in [5.74, 6) is -5.61. The van der Waals surface area contributed by atoms with Gasteiger partial charge in [0.15, 0.2) is 17.5 Å². The van der Waals surface area contributed by atoms with E-state index in [9.17, 15) is 17.6 Å². The highest BCUT2D eigenvalue weighted by Crippen LogP contribution is 2.29. The zero-order valence-corrected chi connectivity index (χ0v) is 8.35. The Morgan fingerprint density at radius 2 is 1.53 bits per heavy atom. The molecule has 2 rings (SSSR count). The Balaban J connectivity index is 2.64. The van der Waals surface area contributed by atoms with Crippen LogP contribution in [-0.4, -0.2) is 5.11 Å². The first-order valence-electron chi connectivity index (χ1n) is 4.62. The van der Waals surface area contributed by atoms with Crippen LogP contribution in [0.1, 0.15) is 0 Å². The first-order valence-corrected chi connectivity index (χ1v) is 4.62. The molecule has 0 saturated heterocycles. The summed E-state index contributed by atoms with van der Waals surface area (Å²) in [5.41, 5.74) is -0.391. The third kappa shape index (κ3) is 2.08. The van der Waals surface area contributed by atoms with Crippen LogP contribution in [0.2, 0.25) is 0 Å². The lowest BCUT2D eigenvalue weighted by atomic mass is 10.0. The van der Waals surface area contributed by atoms with Crippen molar-refractivity contribution < 1.29 is 22.7 Å². The van der Waals surface area contributed by atoms with Gasteiger partial charge in [-0.1, -0.05) is 0 Å². The summed E-state index contributed by atoms with van der Waals surface area (Å²) in [5, 5.41) is 9.14. The molecule has 5 heteroatoms. The summed E-state index contributed by atoms with van der Waals surface area (Å²) in [6.45, 7) is 0. The summed E-state index contributed by atoms with van der Waals surface area (Å²) >= 11 is 0. The van der Waals surface area contributed by atoms with Crippen molar-refractivity contribution in [3.05, 3.63) is 53.6 Å². The zero-order chi connectivity index (χ0) is 12.6. The van der Waals surface area contributed by atoms with Crippen molar-refractivity contribution in [1.29, 1.82) is 0 Å². The molecule has 0 fully saturated rings. The lowest BCUT2D eigenvalue weighted by Crippen LogP contribution is -1.94. The minimum atomic E-state index is -1.63. The Hall–Kier alpha value is -2.04. The number of phenolic OH excluding ortho intramolecular Hbond substituents is 1. The van der Waals surface area contributed by atoms with Gasteiger partial charge in [-0.2, -0.15) is 0 Å². The van der Waals surface area contributed by atoms with Crippen LogP contribution in [0.4, 0.5) is 17.6 Å². The molecule has 0 aromatic heterocycles. The van der Waals surface area contributed by atoms with Crippen molar-refractivity contribution >= 4 is 0 Å². The number of hydrogen-bond donors (Lipinski definition) is 1. The van der Waals surface area contributed by atoms with E-state index in [1.165, 1.54) is 0 Å². The first-order chi connectivity index (χ1) is 7.99. The van der Waals surface area contributed by atoms with Crippen molar-refractivity contribution in [1.82, 2.24) is 0 Å². The first kappa shape index (κ1) is 11.4. The van der Waals surface area contributed by atoms with Gasteiger partial charge in [0.25, 0.3) is 0 Å². The van der Waals surface area contributed by atoms with Gasteiger partial charge in [-0.3, -0.25) is 0 Å². The maximum atomic E-state index is 13.4. The van der Waals surface area contributed by atoms with Crippen LogP contribution in [0.5, 0.6) is 5.75 Å². The van der Waals surface area contributed by atoms with Gasteiger partial charge in [-0.15, -0.1) is 0 Å². The highest BCUT2D eigenvalue weighted by atomic mass is 19.2. The monoisotopic (exact) mass is 242 g/mol. The second kappa shape index (κ2) is 4.08. The molecule has 0 bridgehead atoms. The molecule has 0 aliphatic heterocycles. The summed E-state index contributed by atoms with van der Waals surface area (Å²) in [7, 11) is 0. The van der Waals surface area contributed by atoms with Gasteiger partial charge in [0.05, 0.1) is 0 Å². The van der Waals surface area contributed by atoms with Crippen LogP contribution < -0.4 is 0 Å². The largest absolute Gasteiger partial charge is 0.508 e. The Bertz CT molecular complexity index is 561. The molecule has 1 N–H and O–H groups in total. The number of phenols is 1. The number of rotatable bonds is 1. The summed E-state index contributed by atoms with van der Waals surface area (Å²) in [6.07, 6.45) is 0. The highest BCUT2D eigenvalue weighted by Gasteiger charge is 2.15. The second-order valence-corrected chi connectivity index (χ2v) is 3.42. The van der Waals surface area contributed by atoms with E-state index in [2.05, 4.69) is 0 Å². The fourth-order valence-electron chi connectivity index (χ4n) is 1.48. The van der Waals surface area contributed by atoms with Crippen molar-refractivity contribution in [3.63, 3.8) is 0 Å². The van der Waals surface area contributed by atoms with Crippen molar-refractivity contribution in [2.75, 3.05) is 0 Å². The third-order valence-corrected chi connectivity index (χ3v) is 2.23. The van der Waals surface area contributed by atoms with Gasteiger partial charge in [0.1, 0.15) is 11.6 Å². The van der Waals surface area contributed by atoms with Crippen LogP contribution >= 0.6 is 0 Å². The van der Waals surface area contributed by atoms with E-state index in [0.29, 0.717) is 0 Å². The van der Waals surface area contributed by atoms with E-state index in [1.807, 2.05) is 0 Å². The minimum absolute atomic E-state index is 0.0705. The van der Waals surface area contributed by atoms with E-state index in [-0.39, 0.29) is 11.1 Å². The number of aromatic hydroxyl groups is 1. The fraction of sp³-hybridized carbons (Fsp3) is 0. The van der Waals surface area contributed by atoms with Crippen molar-refractivity contribution in [2.45, 2.75) is 0 Å². The Morgan fingerprint density at radius 1 is 0.824 bits per heavy atom. The minimum Gasteiger partial charge on any atom is -0.508 e. The van der Waals surface area contributed by atoms with Gasteiger partial charge in [0.2, 0.25) is 0 Å². The summed E-state index contributed by atoms with van der Waals surface area (Å²) in [6, 6.07) is 4.49. The molecule has 0 radical (unpaired) electrons.